The predicted octanol–water partition coefficient (Wildman–Crippen LogP) is 1.83. The molecule has 0 amide bonds. The van der Waals surface area contributed by atoms with Crippen LogP contribution in [0.4, 0.5) is 11.4 Å². The maximum Gasteiger partial charge on any atom is 0.357 e. The number of nitrogens with zero attached hydrogens (tertiary/aromatic N) is 3. The number of quaternary nitrogens is 1. The zero-order valence-electron chi connectivity index (χ0n) is 16.5. The van der Waals surface area contributed by atoms with Crippen LogP contribution in [-0.4, -0.2) is 35.7 Å². The molecule has 29 heavy (non-hydrogen) atoms. The lowest BCUT2D eigenvalue weighted by Gasteiger charge is -2.34. The van der Waals surface area contributed by atoms with E-state index in [1.54, 1.807) is 0 Å². The van der Waals surface area contributed by atoms with E-state index in [0.717, 1.165) is 30.5 Å². The average Bonchev–Trinajstić information content (AvgIpc) is 2.74. The quantitative estimate of drug-likeness (QED) is 0.530. The first-order valence-corrected chi connectivity index (χ1v) is 10.0. The van der Waals surface area contributed by atoms with Gasteiger partial charge in [0.25, 0.3) is 0 Å². The topological polar surface area (TPSA) is 72.8 Å². The number of pyridine rings is 1. The van der Waals surface area contributed by atoms with Crippen LogP contribution in [-0.2, 0) is 13.1 Å². The van der Waals surface area contributed by atoms with E-state index in [0.29, 0.717) is 25.3 Å². The van der Waals surface area contributed by atoms with Gasteiger partial charge < -0.3 is 14.4 Å². The Hall–Kier alpha value is -3.19. The number of hydrogen-bond acceptors (Lipinski definition) is 4. The van der Waals surface area contributed by atoms with Gasteiger partial charge in [-0.2, -0.15) is 0 Å². The summed E-state index contributed by atoms with van der Waals surface area (Å²) >= 11 is 0. The van der Waals surface area contributed by atoms with E-state index in [-0.39, 0.29) is 5.69 Å². The van der Waals surface area contributed by atoms with E-state index in [1.807, 2.05) is 54.3 Å². The number of nitrogens with one attached hydrogen (secondary N) is 1. The third-order valence-corrected chi connectivity index (χ3v) is 5.70. The number of para-hydroxylation sites is 1. The monoisotopic (exact) mass is 393 g/mol. The Morgan fingerprint density at radius 3 is 2.34 bits per heavy atom. The second-order valence-electron chi connectivity index (χ2n) is 7.42. The molecule has 7 heteroatoms. The molecule has 7 nitrogen and oxygen atoms in total. The van der Waals surface area contributed by atoms with Gasteiger partial charge in [0.05, 0.1) is 36.6 Å². The Morgan fingerprint density at radius 2 is 1.69 bits per heavy atom. The summed E-state index contributed by atoms with van der Waals surface area (Å²) in [5.74, 6) is 0. The summed E-state index contributed by atoms with van der Waals surface area (Å²) in [7, 11) is 0. The Bertz CT molecular complexity index is 1090. The maximum atomic E-state index is 12.9. The van der Waals surface area contributed by atoms with Crippen molar-refractivity contribution < 1.29 is 9.82 Å². The van der Waals surface area contributed by atoms with Gasteiger partial charge >= 0.3 is 11.2 Å². The summed E-state index contributed by atoms with van der Waals surface area (Å²) in [5, 5.41) is 12.6. The van der Waals surface area contributed by atoms with Gasteiger partial charge in [-0.1, -0.05) is 48.5 Å². The van der Waals surface area contributed by atoms with Crippen molar-refractivity contribution in [3.05, 3.63) is 80.6 Å². The minimum atomic E-state index is -0.523. The number of piperazine rings is 1. The van der Waals surface area contributed by atoms with Crippen molar-refractivity contribution >= 4 is 22.3 Å². The summed E-state index contributed by atoms with van der Waals surface area (Å²) in [6.45, 7) is 6.28. The molecule has 1 aliphatic heterocycles. The summed E-state index contributed by atoms with van der Waals surface area (Å²) in [6, 6.07) is 17.8. The molecule has 4 rings (SSSR count). The third-order valence-electron chi connectivity index (χ3n) is 5.70. The molecule has 1 aromatic heterocycles. The molecule has 2 heterocycles. The molecule has 1 aliphatic rings. The molecule has 0 bridgehead atoms. The van der Waals surface area contributed by atoms with Gasteiger partial charge in [-0.25, -0.2) is 0 Å². The maximum absolute atomic E-state index is 12.9. The first-order chi connectivity index (χ1) is 14.1. The Labute approximate surface area is 168 Å². The molecule has 150 valence electrons. The van der Waals surface area contributed by atoms with Crippen LogP contribution in [0, 0.1) is 10.1 Å². The fraction of sp³-hybridized carbons (Fsp3) is 0.318. The highest BCUT2D eigenvalue weighted by Gasteiger charge is 2.31. The van der Waals surface area contributed by atoms with Crippen LogP contribution in [0.15, 0.2) is 59.4 Å². The second kappa shape index (κ2) is 8.05. The number of benzene rings is 2. The standard InChI is InChI=1S/C22H24N4O3/c1-2-25-19-11-7-6-10-18(19)20(21(22(25)27)26(28)29)24-14-12-23(13-15-24)16-17-8-4-3-5-9-17/h3-11H,2,12-16H2,1H3/p+1. The minimum absolute atomic E-state index is 0.308. The van der Waals surface area contributed by atoms with Gasteiger partial charge in [-0.3, -0.25) is 14.9 Å². The Morgan fingerprint density at radius 1 is 1.03 bits per heavy atom. The van der Waals surface area contributed by atoms with Gasteiger partial charge in [0.1, 0.15) is 12.2 Å². The molecule has 0 saturated carbocycles. The highest BCUT2D eigenvalue weighted by atomic mass is 16.6. The zero-order chi connectivity index (χ0) is 20.4. The van der Waals surface area contributed by atoms with E-state index in [4.69, 9.17) is 0 Å². The van der Waals surface area contributed by atoms with Crippen molar-refractivity contribution in [3.63, 3.8) is 0 Å². The zero-order valence-corrected chi connectivity index (χ0v) is 16.5. The lowest BCUT2D eigenvalue weighted by atomic mass is 10.1. The average molecular weight is 393 g/mol. The smallest absolute Gasteiger partial charge is 0.354 e. The normalized spacial score (nSPS) is 15.0. The van der Waals surface area contributed by atoms with Gasteiger partial charge in [0.2, 0.25) is 0 Å². The minimum Gasteiger partial charge on any atom is -0.354 e. The number of aromatic nitrogens is 1. The van der Waals surface area contributed by atoms with Crippen molar-refractivity contribution in [1.29, 1.82) is 0 Å². The number of aryl methyl sites for hydroxylation is 1. The van der Waals surface area contributed by atoms with E-state index >= 15 is 0 Å². The molecule has 1 fully saturated rings. The molecule has 0 spiro atoms. The van der Waals surface area contributed by atoms with Crippen LogP contribution in [0.25, 0.3) is 10.9 Å². The number of hydrogen-bond donors (Lipinski definition) is 1. The lowest BCUT2D eigenvalue weighted by molar-refractivity contribution is -0.914. The predicted molar refractivity (Wildman–Crippen MR) is 114 cm³/mol. The number of nitro groups is 1. The summed E-state index contributed by atoms with van der Waals surface area (Å²) in [6.07, 6.45) is 0. The molecular formula is C22H25N4O3+. The molecule has 3 aromatic rings. The summed E-state index contributed by atoms with van der Waals surface area (Å²) in [4.78, 5) is 27.7. The Balaban J connectivity index is 1.69. The summed E-state index contributed by atoms with van der Waals surface area (Å²) in [5.41, 5.74) is 1.68. The summed E-state index contributed by atoms with van der Waals surface area (Å²) < 4.78 is 1.49. The highest BCUT2D eigenvalue weighted by molar-refractivity contribution is 5.96. The fourth-order valence-corrected chi connectivity index (χ4v) is 4.28. The van der Waals surface area contributed by atoms with Crippen LogP contribution in [0.5, 0.6) is 0 Å². The van der Waals surface area contributed by atoms with Crippen molar-refractivity contribution in [3.8, 4) is 0 Å². The lowest BCUT2D eigenvalue weighted by Crippen LogP contribution is -3.13. The second-order valence-corrected chi connectivity index (χ2v) is 7.42. The van der Waals surface area contributed by atoms with E-state index in [9.17, 15) is 14.9 Å². The molecule has 0 atom stereocenters. The van der Waals surface area contributed by atoms with Crippen LogP contribution in [0.1, 0.15) is 12.5 Å². The number of fused-ring (bicyclic) bond motifs is 1. The van der Waals surface area contributed by atoms with Crippen LogP contribution >= 0.6 is 0 Å². The molecule has 0 aliphatic carbocycles. The first kappa shape index (κ1) is 19.1. The van der Waals surface area contributed by atoms with Crippen molar-refractivity contribution in [1.82, 2.24) is 4.57 Å². The largest absolute Gasteiger partial charge is 0.357 e. The Kier molecular flexibility index (Phi) is 5.31. The van der Waals surface area contributed by atoms with E-state index < -0.39 is 10.5 Å². The van der Waals surface area contributed by atoms with Crippen LogP contribution < -0.4 is 15.4 Å². The molecule has 1 saturated heterocycles. The molecule has 1 N–H and O–H groups in total. The molecule has 2 aromatic carbocycles. The van der Waals surface area contributed by atoms with E-state index in [1.165, 1.54) is 15.0 Å². The van der Waals surface area contributed by atoms with Crippen LogP contribution in [0.3, 0.4) is 0 Å². The third kappa shape index (κ3) is 3.61. The van der Waals surface area contributed by atoms with Gasteiger partial charge in [-0.05, 0) is 13.0 Å². The fourth-order valence-electron chi connectivity index (χ4n) is 4.28. The van der Waals surface area contributed by atoms with Gasteiger partial charge in [0, 0.05) is 17.5 Å². The highest BCUT2D eigenvalue weighted by Crippen LogP contribution is 2.33. The van der Waals surface area contributed by atoms with Crippen molar-refractivity contribution in [2.75, 3.05) is 31.1 Å². The van der Waals surface area contributed by atoms with Gasteiger partial charge in [0.15, 0.2) is 0 Å². The van der Waals surface area contributed by atoms with Crippen molar-refractivity contribution in [2.24, 2.45) is 0 Å². The number of anilines is 1. The molecular weight excluding hydrogens is 368 g/mol. The van der Waals surface area contributed by atoms with E-state index in [2.05, 4.69) is 12.1 Å². The first-order valence-electron chi connectivity index (χ1n) is 10.0. The molecule has 0 radical (unpaired) electrons. The molecule has 0 unspecified atom stereocenters. The number of rotatable bonds is 5. The van der Waals surface area contributed by atoms with Crippen LogP contribution in [0.2, 0.25) is 0 Å². The SMILES string of the molecule is CCn1c(=O)c([N+](=O)[O-])c(N2CC[NH+](Cc3ccccc3)CC2)c2ccccc21. The van der Waals surface area contributed by atoms with Gasteiger partial charge in [-0.15, -0.1) is 0 Å². The van der Waals surface area contributed by atoms with Crippen molar-refractivity contribution in [2.45, 2.75) is 20.0 Å².